The first kappa shape index (κ1) is 19.3. The summed E-state index contributed by atoms with van der Waals surface area (Å²) in [7, 11) is 6.71. The Bertz CT molecular complexity index is 770. The lowest BCUT2D eigenvalue weighted by atomic mass is 10.1. The third kappa shape index (κ3) is 4.75. The maximum absolute atomic E-state index is 12.6. The molecule has 1 amide bonds. The van der Waals surface area contributed by atoms with E-state index in [1.807, 2.05) is 43.3 Å². The molecule has 2 aromatic rings. The van der Waals surface area contributed by atoms with Gasteiger partial charge >= 0.3 is 5.97 Å². The molecule has 0 heterocycles. The van der Waals surface area contributed by atoms with E-state index in [9.17, 15) is 9.59 Å². The molecular weight excluding hydrogens is 332 g/mol. The minimum Gasteiger partial charge on any atom is -0.497 e. The fourth-order valence-corrected chi connectivity index (χ4v) is 2.55. The molecule has 0 radical (unpaired) electrons. The van der Waals surface area contributed by atoms with Crippen LogP contribution in [0.4, 0.5) is 5.69 Å². The van der Waals surface area contributed by atoms with Crippen LogP contribution in [0.25, 0.3) is 0 Å². The van der Waals surface area contributed by atoms with Crippen LogP contribution < -0.4 is 15.0 Å². The highest BCUT2D eigenvalue weighted by Gasteiger charge is 2.14. The molecule has 0 bridgehead atoms. The number of rotatable bonds is 7. The van der Waals surface area contributed by atoms with Gasteiger partial charge in [-0.05, 0) is 42.3 Å². The highest BCUT2D eigenvalue weighted by molar-refractivity contribution is 6.00. The van der Waals surface area contributed by atoms with Crippen molar-refractivity contribution in [1.82, 2.24) is 5.32 Å². The molecule has 0 aromatic heterocycles. The summed E-state index contributed by atoms with van der Waals surface area (Å²) < 4.78 is 9.89. The number of methoxy groups -OCH3 is 2. The number of esters is 1. The summed E-state index contributed by atoms with van der Waals surface area (Å²) in [6.45, 7) is 0.487. The van der Waals surface area contributed by atoms with Crippen LogP contribution in [0.15, 0.2) is 42.5 Å². The zero-order chi connectivity index (χ0) is 19.1. The van der Waals surface area contributed by atoms with Crippen molar-refractivity contribution in [3.8, 4) is 5.75 Å². The van der Waals surface area contributed by atoms with E-state index in [0.717, 1.165) is 11.3 Å². The molecule has 0 spiro atoms. The van der Waals surface area contributed by atoms with Gasteiger partial charge in [0.1, 0.15) is 5.75 Å². The van der Waals surface area contributed by atoms with Crippen molar-refractivity contribution in [2.45, 2.75) is 6.42 Å². The standard InChI is InChI=1S/C20H24N2O4/c1-22(2)18-10-9-16(25-3)13-17(18)19(23)21-12-11-14-5-7-15(8-6-14)20(24)26-4/h5-10,13H,11-12H2,1-4H3,(H,21,23). The van der Waals surface area contributed by atoms with Crippen molar-refractivity contribution in [1.29, 1.82) is 0 Å². The van der Waals surface area contributed by atoms with Crippen molar-refractivity contribution in [2.75, 3.05) is 39.8 Å². The summed E-state index contributed by atoms with van der Waals surface area (Å²) in [5.41, 5.74) is 2.92. The maximum atomic E-state index is 12.6. The predicted octanol–water partition coefficient (Wildman–Crippen LogP) is 2.52. The molecule has 26 heavy (non-hydrogen) atoms. The first-order chi connectivity index (χ1) is 12.5. The summed E-state index contributed by atoms with van der Waals surface area (Å²) in [4.78, 5) is 25.9. The van der Waals surface area contributed by atoms with Gasteiger partial charge in [0.05, 0.1) is 25.3 Å². The zero-order valence-corrected chi connectivity index (χ0v) is 15.5. The molecule has 6 heteroatoms. The molecule has 1 N–H and O–H groups in total. The Morgan fingerprint density at radius 3 is 2.31 bits per heavy atom. The Kier molecular flexibility index (Phi) is 6.60. The summed E-state index contributed by atoms with van der Waals surface area (Å²) in [5.74, 6) is 0.122. The predicted molar refractivity (Wildman–Crippen MR) is 101 cm³/mol. The molecule has 0 unspecified atom stereocenters. The summed E-state index contributed by atoms with van der Waals surface area (Å²) >= 11 is 0. The number of anilines is 1. The molecule has 0 atom stereocenters. The third-order valence-electron chi connectivity index (χ3n) is 4.00. The lowest BCUT2D eigenvalue weighted by Gasteiger charge is -2.18. The van der Waals surface area contributed by atoms with Crippen LogP contribution in [0.3, 0.4) is 0 Å². The molecule has 6 nitrogen and oxygen atoms in total. The fraction of sp³-hybridized carbons (Fsp3) is 0.300. The summed E-state index contributed by atoms with van der Waals surface area (Å²) in [6.07, 6.45) is 0.661. The van der Waals surface area contributed by atoms with Crippen LogP contribution in [0, 0.1) is 0 Å². The number of benzene rings is 2. The summed E-state index contributed by atoms with van der Waals surface area (Å²) in [5, 5.41) is 2.93. The van der Waals surface area contributed by atoms with Crippen molar-refractivity contribution in [3.63, 3.8) is 0 Å². The maximum Gasteiger partial charge on any atom is 0.337 e. The van der Waals surface area contributed by atoms with Crippen molar-refractivity contribution in [3.05, 3.63) is 59.2 Å². The molecule has 0 fully saturated rings. The van der Waals surface area contributed by atoms with Crippen LogP contribution in [0.5, 0.6) is 5.75 Å². The largest absolute Gasteiger partial charge is 0.497 e. The minimum atomic E-state index is -0.362. The van der Waals surface area contributed by atoms with Gasteiger partial charge in [-0.1, -0.05) is 12.1 Å². The number of nitrogens with zero attached hydrogens (tertiary/aromatic N) is 1. The SMILES string of the molecule is COC(=O)c1ccc(CCNC(=O)c2cc(OC)ccc2N(C)C)cc1. The monoisotopic (exact) mass is 356 g/mol. The average Bonchev–Trinajstić information content (AvgIpc) is 2.67. The van der Waals surface area contributed by atoms with E-state index in [-0.39, 0.29) is 11.9 Å². The second kappa shape index (κ2) is 8.89. The number of hydrogen-bond donors (Lipinski definition) is 1. The molecule has 0 aliphatic rings. The Morgan fingerprint density at radius 2 is 1.73 bits per heavy atom. The lowest BCUT2D eigenvalue weighted by molar-refractivity contribution is 0.0600. The van der Waals surface area contributed by atoms with Gasteiger partial charge in [-0.15, -0.1) is 0 Å². The molecule has 0 aliphatic carbocycles. The van der Waals surface area contributed by atoms with Gasteiger partial charge in [-0.3, -0.25) is 4.79 Å². The quantitative estimate of drug-likeness (QED) is 0.772. The Morgan fingerprint density at radius 1 is 1.04 bits per heavy atom. The van der Waals surface area contributed by atoms with Crippen molar-refractivity contribution < 1.29 is 19.1 Å². The summed E-state index contributed by atoms with van der Waals surface area (Å²) in [6, 6.07) is 12.6. The van der Waals surface area contributed by atoms with E-state index in [1.54, 1.807) is 25.3 Å². The third-order valence-corrected chi connectivity index (χ3v) is 4.00. The van der Waals surface area contributed by atoms with Crippen LogP contribution in [-0.2, 0) is 11.2 Å². The number of carbonyl (C=O) groups excluding carboxylic acids is 2. The van der Waals surface area contributed by atoms with E-state index in [4.69, 9.17) is 4.74 Å². The Labute approximate surface area is 153 Å². The molecule has 138 valence electrons. The fourth-order valence-electron chi connectivity index (χ4n) is 2.55. The zero-order valence-electron chi connectivity index (χ0n) is 15.5. The van der Waals surface area contributed by atoms with Crippen LogP contribution >= 0.6 is 0 Å². The van der Waals surface area contributed by atoms with E-state index < -0.39 is 0 Å². The number of amides is 1. The first-order valence-electron chi connectivity index (χ1n) is 8.27. The van der Waals surface area contributed by atoms with Gasteiger partial charge in [0.2, 0.25) is 0 Å². The number of ether oxygens (including phenoxy) is 2. The van der Waals surface area contributed by atoms with Gasteiger partial charge in [0, 0.05) is 26.3 Å². The molecule has 2 rings (SSSR count). The first-order valence-corrected chi connectivity index (χ1v) is 8.27. The highest BCUT2D eigenvalue weighted by Crippen LogP contribution is 2.24. The number of carbonyl (C=O) groups is 2. The smallest absolute Gasteiger partial charge is 0.337 e. The van der Waals surface area contributed by atoms with Crippen LogP contribution in [-0.4, -0.2) is 46.7 Å². The van der Waals surface area contributed by atoms with Crippen LogP contribution in [0.2, 0.25) is 0 Å². The molecular formula is C20H24N2O4. The molecule has 2 aromatic carbocycles. The molecule has 0 aliphatic heterocycles. The van der Waals surface area contributed by atoms with E-state index in [2.05, 4.69) is 10.1 Å². The topological polar surface area (TPSA) is 67.9 Å². The van der Waals surface area contributed by atoms with E-state index in [0.29, 0.717) is 29.8 Å². The van der Waals surface area contributed by atoms with Crippen molar-refractivity contribution >= 4 is 17.6 Å². The minimum absolute atomic E-state index is 0.154. The lowest BCUT2D eigenvalue weighted by Crippen LogP contribution is -2.27. The second-order valence-electron chi connectivity index (χ2n) is 5.97. The second-order valence-corrected chi connectivity index (χ2v) is 5.97. The van der Waals surface area contributed by atoms with Crippen LogP contribution in [0.1, 0.15) is 26.3 Å². The van der Waals surface area contributed by atoms with Gasteiger partial charge in [-0.2, -0.15) is 0 Å². The number of hydrogen-bond acceptors (Lipinski definition) is 5. The molecule has 0 saturated heterocycles. The normalized spacial score (nSPS) is 10.2. The van der Waals surface area contributed by atoms with Crippen molar-refractivity contribution in [2.24, 2.45) is 0 Å². The Balaban J connectivity index is 1.99. The number of nitrogens with one attached hydrogen (secondary N) is 1. The average molecular weight is 356 g/mol. The Hall–Kier alpha value is -3.02. The van der Waals surface area contributed by atoms with Gasteiger partial charge < -0.3 is 19.7 Å². The van der Waals surface area contributed by atoms with E-state index in [1.165, 1.54) is 7.11 Å². The van der Waals surface area contributed by atoms with Gasteiger partial charge in [-0.25, -0.2) is 4.79 Å². The van der Waals surface area contributed by atoms with Gasteiger partial charge in [0.25, 0.3) is 5.91 Å². The highest BCUT2D eigenvalue weighted by atomic mass is 16.5. The van der Waals surface area contributed by atoms with E-state index >= 15 is 0 Å². The van der Waals surface area contributed by atoms with Gasteiger partial charge in [0.15, 0.2) is 0 Å². The molecule has 0 saturated carbocycles.